The fourth-order valence-electron chi connectivity index (χ4n) is 2.43. The molecule has 1 aromatic rings. The average molecular weight is 291 g/mol. The molecule has 1 aliphatic heterocycles. The van der Waals surface area contributed by atoms with Crippen LogP contribution in [0.3, 0.4) is 0 Å². The number of hydrogen-bond acceptors (Lipinski definition) is 5. The van der Waals surface area contributed by atoms with Crippen molar-refractivity contribution in [2.24, 2.45) is 0 Å². The van der Waals surface area contributed by atoms with Gasteiger partial charge < -0.3 is 10.2 Å². The Morgan fingerprint density at radius 2 is 1.76 bits per heavy atom. The first-order valence-corrected chi connectivity index (χ1v) is 7.90. The minimum absolute atomic E-state index is 0.105. The van der Waals surface area contributed by atoms with Gasteiger partial charge in [0, 0.05) is 44.3 Å². The summed E-state index contributed by atoms with van der Waals surface area (Å²) in [5.41, 5.74) is 1.10. The van der Waals surface area contributed by atoms with Crippen LogP contribution in [0.5, 0.6) is 0 Å². The maximum Gasteiger partial charge on any atom is 0.147 e. The van der Waals surface area contributed by atoms with E-state index in [0.29, 0.717) is 6.04 Å². The monoisotopic (exact) mass is 291 g/mol. The first-order valence-electron chi connectivity index (χ1n) is 7.90. The number of nitrogens with one attached hydrogen (secondary N) is 1. The van der Waals surface area contributed by atoms with Crippen LogP contribution in [0.15, 0.2) is 12.4 Å². The number of aromatic nitrogens is 2. The molecule has 0 bridgehead atoms. The van der Waals surface area contributed by atoms with Gasteiger partial charge in [0.05, 0.1) is 18.1 Å². The standard InChI is InChI=1S/C16H29N5/c1-13(2)20-6-8-21(9-7-20)15-12-17-14(10-18-15)11-19-16(3,4)5/h10,12-13,19H,6-9,11H2,1-5H3. The molecule has 0 radical (unpaired) electrons. The Morgan fingerprint density at radius 1 is 1.10 bits per heavy atom. The van der Waals surface area contributed by atoms with Crippen LogP contribution in [0.2, 0.25) is 0 Å². The topological polar surface area (TPSA) is 44.3 Å². The second-order valence-corrected chi connectivity index (χ2v) is 7.09. The van der Waals surface area contributed by atoms with E-state index in [-0.39, 0.29) is 5.54 Å². The summed E-state index contributed by atoms with van der Waals surface area (Å²) < 4.78 is 0. The third kappa shape index (κ3) is 4.93. The zero-order valence-corrected chi connectivity index (χ0v) is 14.1. The van der Waals surface area contributed by atoms with Gasteiger partial charge in [-0.1, -0.05) is 0 Å². The highest BCUT2D eigenvalue weighted by Crippen LogP contribution is 2.14. The lowest BCUT2D eigenvalue weighted by Crippen LogP contribution is -2.49. The van der Waals surface area contributed by atoms with Crippen LogP contribution in [0.25, 0.3) is 0 Å². The lowest BCUT2D eigenvalue weighted by molar-refractivity contribution is 0.209. The van der Waals surface area contributed by atoms with Crippen molar-refractivity contribution >= 4 is 5.82 Å². The maximum absolute atomic E-state index is 4.58. The third-order valence-electron chi connectivity index (χ3n) is 3.86. The van der Waals surface area contributed by atoms with Crippen LogP contribution < -0.4 is 10.2 Å². The molecule has 5 heteroatoms. The fraction of sp³-hybridized carbons (Fsp3) is 0.750. The molecule has 0 atom stereocenters. The summed E-state index contributed by atoms with van der Waals surface area (Å²) in [5, 5.41) is 3.43. The Balaban J connectivity index is 1.88. The van der Waals surface area contributed by atoms with E-state index in [1.807, 2.05) is 12.4 Å². The van der Waals surface area contributed by atoms with Gasteiger partial charge in [-0.25, -0.2) is 4.98 Å². The molecular weight excluding hydrogens is 262 g/mol. The van der Waals surface area contributed by atoms with Crippen LogP contribution in [-0.2, 0) is 6.54 Å². The van der Waals surface area contributed by atoms with Crippen LogP contribution in [0, 0.1) is 0 Å². The summed E-state index contributed by atoms with van der Waals surface area (Å²) in [7, 11) is 0. The van der Waals surface area contributed by atoms with E-state index in [1.54, 1.807) is 0 Å². The number of anilines is 1. The minimum Gasteiger partial charge on any atom is -0.353 e. The van der Waals surface area contributed by atoms with Gasteiger partial charge in [-0.2, -0.15) is 0 Å². The molecule has 0 amide bonds. The molecule has 1 saturated heterocycles. The number of rotatable bonds is 4. The molecule has 21 heavy (non-hydrogen) atoms. The van der Waals surface area contributed by atoms with Crippen molar-refractivity contribution in [1.82, 2.24) is 20.2 Å². The number of hydrogen-bond donors (Lipinski definition) is 1. The van der Waals surface area contributed by atoms with E-state index in [2.05, 4.69) is 59.7 Å². The number of piperazine rings is 1. The number of nitrogens with zero attached hydrogens (tertiary/aromatic N) is 4. The minimum atomic E-state index is 0.105. The highest BCUT2D eigenvalue weighted by molar-refractivity contribution is 5.36. The molecule has 118 valence electrons. The quantitative estimate of drug-likeness (QED) is 0.918. The summed E-state index contributed by atoms with van der Waals surface area (Å²) in [5.74, 6) is 0.998. The van der Waals surface area contributed by atoms with Crippen LogP contribution >= 0.6 is 0 Å². The zero-order valence-electron chi connectivity index (χ0n) is 14.1. The smallest absolute Gasteiger partial charge is 0.147 e. The van der Waals surface area contributed by atoms with E-state index in [1.165, 1.54) is 0 Å². The molecule has 0 unspecified atom stereocenters. The van der Waals surface area contributed by atoms with Gasteiger partial charge in [-0.05, 0) is 34.6 Å². The Morgan fingerprint density at radius 3 is 2.24 bits per heavy atom. The van der Waals surface area contributed by atoms with Gasteiger partial charge in [0.15, 0.2) is 0 Å². The lowest BCUT2D eigenvalue weighted by atomic mass is 10.1. The van der Waals surface area contributed by atoms with Crippen molar-refractivity contribution < 1.29 is 0 Å². The highest BCUT2D eigenvalue weighted by Gasteiger charge is 2.19. The third-order valence-corrected chi connectivity index (χ3v) is 3.86. The molecule has 1 fully saturated rings. The molecule has 0 saturated carbocycles. The molecular formula is C16H29N5. The Bertz CT molecular complexity index is 427. The van der Waals surface area contributed by atoms with Crippen molar-refractivity contribution in [1.29, 1.82) is 0 Å². The Labute approximate surface area is 128 Å². The molecule has 2 rings (SSSR count). The van der Waals surface area contributed by atoms with Gasteiger partial charge in [0.1, 0.15) is 5.82 Å². The lowest BCUT2D eigenvalue weighted by Gasteiger charge is -2.37. The van der Waals surface area contributed by atoms with Crippen molar-refractivity contribution in [3.63, 3.8) is 0 Å². The predicted octanol–water partition coefficient (Wildman–Crippen LogP) is 1.90. The first kappa shape index (κ1) is 16.2. The molecule has 0 aliphatic carbocycles. The summed E-state index contributed by atoms with van der Waals surface area (Å²) in [6.07, 6.45) is 3.80. The second-order valence-electron chi connectivity index (χ2n) is 7.09. The van der Waals surface area contributed by atoms with Crippen molar-refractivity contribution in [2.75, 3.05) is 31.1 Å². The second kappa shape index (κ2) is 6.71. The largest absolute Gasteiger partial charge is 0.353 e. The predicted molar refractivity (Wildman–Crippen MR) is 87.5 cm³/mol. The van der Waals surface area contributed by atoms with Crippen molar-refractivity contribution in [2.45, 2.75) is 52.7 Å². The Kier molecular flexibility index (Phi) is 5.17. The molecule has 0 aromatic carbocycles. The molecule has 1 aliphatic rings. The van der Waals surface area contributed by atoms with Gasteiger partial charge in [0.2, 0.25) is 0 Å². The highest BCUT2D eigenvalue weighted by atomic mass is 15.3. The molecule has 0 spiro atoms. The van der Waals surface area contributed by atoms with Crippen molar-refractivity contribution in [3.8, 4) is 0 Å². The summed E-state index contributed by atoms with van der Waals surface area (Å²) in [6, 6.07) is 0.629. The SMILES string of the molecule is CC(C)N1CCN(c2cnc(CNC(C)(C)C)cn2)CC1. The van der Waals surface area contributed by atoms with E-state index >= 15 is 0 Å². The summed E-state index contributed by atoms with van der Waals surface area (Å²) >= 11 is 0. The molecule has 1 N–H and O–H groups in total. The first-order chi connectivity index (χ1) is 9.85. The molecule has 1 aromatic heterocycles. The van der Waals surface area contributed by atoms with Gasteiger partial charge in [0.25, 0.3) is 0 Å². The summed E-state index contributed by atoms with van der Waals surface area (Å²) in [4.78, 5) is 13.9. The normalized spacial score (nSPS) is 17.5. The van der Waals surface area contributed by atoms with E-state index in [4.69, 9.17) is 0 Å². The summed E-state index contributed by atoms with van der Waals surface area (Å²) in [6.45, 7) is 16.0. The zero-order chi connectivity index (χ0) is 15.5. The van der Waals surface area contributed by atoms with E-state index in [9.17, 15) is 0 Å². The van der Waals surface area contributed by atoms with Crippen LogP contribution in [0.1, 0.15) is 40.3 Å². The van der Waals surface area contributed by atoms with Crippen molar-refractivity contribution in [3.05, 3.63) is 18.1 Å². The molecule has 5 nitrogen and oxygen atoms in total. The van der Waals surface area contributed by atoms with Crippen LogP contribution in [-0.4, -0.2) is 52.6 Å². The molecule has 2 heterocycles. The van der Waals surface area contributed by atoms with E-state index in [0.717, 1.165) is 44.2 Å². The van der Waals surface area contributed by atoms with E-state index < -0.39 is 0 Å². The van der Waals surface area contributed by atoms with Crippen LogP contribution in [0.4, 0.5) is 5.82 Å². The Hall–Kier alpha value is -1.20. The fourth-order valence-corrected chi connectivity index (χ4v) is 2.43. The van der Waals surface area contributed by atoms with Gasteiger partial charge in [-0.15, -0.1) is 0 Å². The average Bonchev–Trinajstić information content (AvgIpc) is 2.45. The van der Waals surface area contributed by atoms with Gasteiger partial charge >= 0.3 is 0 Å². The van der Waals surface area contributed by atoms with Gasteiger partial charge in [-0.3, -0.25) is 9.88 Å². The maximum atomic E-state index is 4.58.